The Morgan fingerprint density at radius 3 is 2.87 bits per heavy atom. The molecular weight excluding hydrogens is 186 g/mol. The van der Waals surface area contributed by atoms with E-state index in [0.717, 1.165) is 18.4 Å². The fourth-order valence-corrected chi connectivity index (χ4v) is 2.59. The molecule has 82 valence electrons. The van der Waals surface area contributed by atoms with Gasteiger partial charge >= 0.3 is 0 Å². The van der Waals surface area contributed by atoms with Gasteiger partial charge in [-0.2, -0.15) is 0 Å². The first-order chi connectivity index (χ1) is 7.06. The van der Waals surface area contributed by atoms with Gasteiger partial charge in [0.05, 0.1) is 0 Å². The molecule has 0 heterocycles. The van der Waals surface area contributed by atoms with Crippen LogP contribution >= 0.6 is 0 Å². The van der Waals surface area contributed by atoms with Gasteiger partial charge < -0.3 is 10.8 Å². The molecule has 2 nitrogen and oxygen atoms in total. The Kier molecular flexibility index (Phi) is 2.47. The monoisotopic (exact) mass is 205 g/mol. The summed E-state index contributed by atoms with van der Waals surface area (Å²) in [6.45, 7) is 5.10. The second kappa shape index (κ2) is 3.53. The minimum atomic E-state index is 0.124. The Hall–Kier alpha value is -1.02. The van der Waals surface area contributed by atoms with Crippen molar-refractivity contribution in [3.8, 4) is 5.75 Å². The van der Waals surface area contributed by atoms with Crippen molar-refractivity contribution >= 4 is 0 Å². The number of phenolic OH excluding ortho intramolecular Hbond substituents is 1. The van der Waals surface area contributed by atoms with E-state index in [1.165, 1.54) is 5.56 Å². The summed E-state index contributed by atoms with van der Waals surface area (Å²) in [6, 6.07) is 5.83. The lowest BCUT2D eigenvalue weighted by atomic mass is 9.76. The molecule has 2 heteroatoms. The number of hydrogen-bond donors (Lipinski definition) is 2. The molecular formula is C13H19NO. The Morgan fingerprint density at radius 1 is 1.47 bits per heavy atom. The second-order valence-corrected chi connectivity index (χ2v) is 5.13. The zero-order chi connectivity index (χ0) is 11.1. The number of rotatable bonds is 2. The smallest absolute Gasteiger partial charge is 0.119 e. The lowest BCUT2D eigenvalue weighted by Crippen LogP contribution is -2.29. The Morgan fingerprint density at radius 2 is 2.20 bits per heavy atom. The third kappa shape index (κ3) is 1.63. The molecule has 15 heavy (non-hydrogen) atoms. The molecule has 1 aromatic carbocycles. The van der Waals surface area contributed by atoms with Crippen LogP contribution in [0.25, 0.3) is 0 Å². The number of benzene rings is 1. The van der Waals surface area contributed by atoms with Gasteiger partial charge in [-0.3, -0.25) is 0 Å². The molecule has 2 rings (SSSR count). The Labute approximate surface area is 91.1 Å². The predicted molar refractivity (Wildman–Crippen MR) is 62.0 cm³/mol. The maximum absolute atomic E-state index is 9.76. The van der Waals surface area contributed by atoms with Gasteiger partial charge in [0, 0.05) is 0 Å². The SMILES string of the molecule is CC(C)(CN)C1CCc2c(O)cccc21. The van der Waals surface area contributed by atoms with Crippen LogP contribution in [0.15, 0.2) is 18.2 Å². The molecule has 0 fully saturated rings. The van der Waals surface area contributed by atoms with Crippen molar-refractivity contribution in [2.75, 3.05) is 6.54 Å². The van der Waals surface area contributed by atoms with Gasteiger partial charge in [-0.1, -0.05) is 26.0 Å². The molecule has 1 unspecified atom stereocenters. The van der Waals surface area contributed by atoms with Crippen molar-refractivity contribution in [2.45, 2.75) is 32.6 Å². The molecule has 1 aromatic rings. The molecule has 1 atom stereocenters. The van der Waals surface area contributed by atoms with E-state index in [-0.39, 0.29) is 5.41 Å². The number of hydrogen-bond acceptors (Lipinski definition) is 2. The van der Waals surface area contributed by atoms with Gasteiger partial charge in [0.15, 0.2) is 0 Å². The average Bonchev–Trinajstić information content (AvgIpc) is 2.63. The van der Waals surface area contributed by atoms with Gasteiger partial charge in [-0.25, -0.2) is 0 Å². The maximum atomic E-state index is 9.76. The van der Waals surface area contributed by atoms with Crippen LogP contribution in [-0.4, -0.2) is 11.7 Å². The minimum absolute atomic E-state index is 0.124. The summed E-state index contributed by atoms with van der Waals surface area (Å²) in [6.07, 6.45) is 2.09. The first-order valence-electron chi connectivity index (χ1n) is 5.57. The second-order valence-electron chi connectivity index (χ2n) is 5.13. The van der Waals surface area contributed by atoms with E-state index >= 15 is 0 Å². The summed E-state index contributed by atoms with van der Waals surface area (Å²) in [7, 11) is 0. The van der Waals surface area contributed by atoms with E-state index in [1.54, 1.807) is 6.07 Å². The van der Waals surface area contributed by atoms with Gasteiger partial charge in [-0.15, -0.1) is 0 Å². The largest absolute Gasteiger partial charge is 0.508 e. The van der Waals surface area contributed by atoms with Crippen molar-refractivity contribution in [2.24, 2.45) is 11.1 Å². The van der Waals surface area contributed by atoms with E-state index in [2.05, 4.69) is 19.9 Å². The van der Waals surface area contributed by atoms with Crippen LogP contribution in [0.3, 0.4) is 0 Å². The van der Waals surface area contributed by atoms with Gasteiger partial charge in [-0.05, 0) is 47.9 Å². The van der Waals surface area contributed by atoms with Gasteiger partial charge in [0.1, 0.15) is 5.75 Å². The molecule has 0 radical (unpaired) electrons. The first-order valence-corrected chi connectivity index (χ1v) is 5.57. The van der Waals surface area contributed by atoms with E-state index in [1.807, 2.05) is 6.07 Å². The van der Waals surface area contributed by atoms with Crippen LogP contribution in [0, 0.1) is 5.41 Å². The van der Waals surface area contributed by atoms with Crippen molar-refractivity contribution in [1.29, 1.82) is 0 Å². The highest BCUT2D eigenvalue weighted by Crippen LogP contribution is 2.46. The van der Waals surface area contributed by atoms with E-state index in [0.29, 0.717) is 18.2 Å². The van der Waals surface area contributed by atoms with E-state index < -0.39 is 0 Å². The summed E-state index contributed by atoms with van der Waals surface area (Å²) in [5.74, 6) is 0.937. The highest BCUT2D eigenvalue weighted by molar-refractivity contribution is 5.45. The summed E-state index contributed by atoms with van der Waals surface area (Å²) >= 11 is 0. The van der Waals surface area contributed by atoms with E-state index in [4.69, 9.17) is 5.73 Å². The van der Waals surface area contributed by atoms with Crippen LogP contribution in [0.4, 0.5) is 0 Å². The van der Waals surface area contributed by atoms with Crippen LogP contribution < -0.4 is 5.73 Å². The Balaban J connectivity index is 2.41. The number of aromatic hydroxyl groups is 1. The fraction of sp³-hybridized carbons (Fsp3) is 0.538. The maximum Gasteiger partial charge on any atom is 0.119 e. The topological polar surface area (TPSA) is 46.2 Å². The highest BCUT2D eigenvalue weighted by Gasteiger charge is 2.35. The summed E-state index contributed by atoms with van der Waals surface area (Å²) in [4.78, 5) is 0. The number of fused-ring (bicyclic) bond motifs is 1. The number of phenols is 1. The zero-order valence-electron chi connectivity index (χ0n) is 9.46. The van der Waals surface area contributed by atoms with Gasteiger partial charge in [0.25, 0.3) is 0 Å². The molecule has 0 saturated carbocycles. The third-order valence-corrected chi connectivity index (χ3v) is 3.72. The lowest BCUT2D eigenvalue weighted by Gasteiger charge is -2.30. The molecule has 0 aromatic heterocycles. The molecule has 0 aliphatic heterocycles. The Bertz CT molecular complexity index is 371. The zero-order valence-corrected chi connectivity index (χ0v) is 9.46. The predicted octanol–water partition coefficient (Wildman–Crippen LogP) is 2.41. The molecule has 0 amide bonds. The highest BCUT2D eigenvalue weighted by atomic mass is 16.3. The van der Waals surface area contributed by atoms with Crippen molar-refractivity contribution in [3.05, 3.63) is 29.3 Å². The fourth-order valence-electron chi connectivity index (χ4n) is 2.59. The molecule has 0 saturated heterocycles. The van der Waals surface area contributed by atoms with Crippen molar-refractivity contribution < 1.29 is 5.11 Å². The van der Waals surface area contributed by atoms with Crippen LogP contribution in [0.1, 0.15) is 37.3 Å². The molecule has 3 N–H and O–H groups in total. The van der Waals surface area contributed by atoms with Crippen molar-refractivity contribution in [1.82, 2.24) is 0 Å². The van der Waals surface area contributed by atoms with Crippen LogP contribution in [-0.2, 0) is 6.42 Å². The molecule has 0 bridgehead atoms. The molecule has 1 aliphatic rings. The van der Waals surface area contributed by atoms with Crippen LogP contribution in [0.5, 0.6) is 5.75 Å². The normalized spacial score (nSPS) is 20.3. The van der Waals surface area contributed by atoms with E-state index in [9.17, 15) is 5.11 Å². The first kappa shape index (κ1) is 10.5. The number of nitrogens with two attached hydrogens (primary N) is 1. The lowest BCUT2D eigenvalue weighted by molar-refractivity contribution is 0.294. The van der Waals surface area contributed by atoms with Gasteiger partial charge in [0.2, 0.25) is 0 Å². The summed E-state index contributed by atoms with van der Waals surface area (Å²) in [5, 5.41) is 9.76. The standard InChI is InChI=1S/C13H19NO/c1-13(2,8-14)11-7-6-10-9(11)4-3-5-12(10)15/h3-5,11,15H,6-8,14H2,1-2H3. The quantitative estimate of drug-likeness (QED) is 0.778. The molecule has 1 aliphatic carbocycles. The third-order valence-electron chi connectivity index (χ3n) is 3.72. The summed E-state index contributed by atoms with van der Waals surface area (Å²) in [5.41, 5.74) is 8.37. The van der Waals surface area contributed by atoms with Crippen molar-refractivity contribution in [3.63, 3.8) is 0 Å². The molecule has 0 spiro atoms. The van der Waals surface area contributed by atoms with Crippen LogP contribution in [0.2, 0.25) is 0 Å². The summed E-state index contributed by atoms with van der Waals surface area (Å²) < 4.78 is 0. The minimum Gasteiger partial charge on any atom is -0.508 e. The average molecular weight is 205 g/mol.